The zero-order valence-electron chi connectivity index (χ0n) is 16.2. The summed E-state index contributed by atoms with van der Waals surface area (Å²) in [6.45, 7) is 4.89. The molecule has 1 heterocycles. The normalized spacial score (nSPS) is 11.8. The number of nitrogens with one attached hydrogen (secondary N) is 2. The summed E-state index contributed by atoms with van der Waals surface area (Å²) in [7, 11) is 0. The summed E-state index contributed by atoms with van der Waals surface area (Å²) in [5.74, 6) is -2.09. The van der Waals surface area contributed by atoms with E-state index in [2.05, 4.69) is 15.7 Å². The number of carbonyl (C=O) groups is 2. The second kappa shape index (κ2) is 8.22. The SMILES string of the molecule is CC(=O)Nc1cccc(C(C)NC(=O)c2cc(C)n(-c3ccc(F)cc3F)n2)c1. The highest BCUT2D eigenvalue weighted by atomic mass is 19.1. The van der Waals surface area contributed by atoms with Crippen LogP contribution in [0.2, 0.25) is 0 Å². The number of aryl methyl sites for hydroxylation is 1. The Balaban J connectivity index is 1.78. The van der Waals surface area contributed by atoms with Crippen LogP contribution in [0.3, 0.4) is 0 Å². The van der Waals surface area contributed by atoms with Crippen molar-refractivity contribution in [1.82, 2.24) is 15.1 Å². The van der Waals surface area contributed by atoms with Crippen molar-refractivity contribution in [3.63, 3.8) is 0 Å². The van der Waals surface area contributed by atoms with Crippen LogP contribution >= 0.6 is 0 Å². The number of carbonyl (C=O) groups excluding carboxylic acids is 2. The first-order valence-corrected chi connectivity index (χ1v) is 8.95. The van der Waals surface area contributed by atoms with Gasteiger partial charge in [0, 0.05) is 24.4 Å². The van der Waals surface area contributed by atoms with E-state index in [0.717, 1.165) is 17.7 Å². The second-order valence-electron chi connectivity index (χ2n) is 6.68. The van der Waals surface area contributed by atoms with E-state index < -0.39 is 17.5 Å². The summed E-state index contributed by atoms with van der Waals surface area (Å²) in [6.07, 6.45) is 0. The van der Waals surface area contributed by atoms with Crippen LogP contribution < -0.4 is 10.6 Å². The third-order valence-electron chi connectivity index (χ3n) is 4.31. The van der Waals surface area contributed by atoms with E-state index in [9.17, 15) is 18.4 Å². The van der Waals surface area contributed by atoms with Gasteiger partial charge < -0.3 is 10.6 Å². The summed E-state index contributed by atoms with van der Waals surface area (Å²) >= 11 is 0. The van der Waals surface area contributed by atoms with E-state index >= 15 is 0 Å². The minimum absolute atomic E-state index is 0.0546. The Labute approximate surface area is 166 Å². The molecular weight excluding hydrogens is 378 g/mol. The molecule has 0 saturated heterocycles. The van der Waals surface area contributed by atoms with Crippen molar-refractivity contribution in [3.8, 4) is 5.69 Å². The number of hydrogen-bond acceptors (Lipinski definition) is 3. The van der Waals surface area contributed by atoms with E-state index in [0.29, 0.717) is 11.4 Å². The Morgan fingerprint density at radius 3 is 2.55 bits per heavy atom. The number of hydrogen-bond donors (Lipinski definition) is 2. The third kappa shape index (κ3) is 4.66. The Bertz CT molecular complexity index is 1080. The summed E-state index contributed by atoms with van der Waals surface area (Å²) in [4.78, 5) is 23.8. The fourth-order valence-corrected chi connectivity index (χ4v) is 2.93. The fourth-order valence-electron chi connectivity index (χ4n) is 2.93. The van der Waals surface area contributed by atoms with Gasteiger partial charge >= 0.3 is 0 Å². The largest absolute Gasteiger partial charge is 0.344 e. The monoisotopic (exact) mass is 398 g/mol. The topological polar surface area (TPSA) is 76.0 Å². The lowest BCUT2D eigenvalue weighted by Crippen LogP contribution is -2.27. The van der Waals surface area contributed by atoms with Crippen molar-refractivity contribution in [2.75, 3.05) is 5.32 Å². The van der Waals surface area contributed by atoms with Gasteiger partial charge in [-0.15, -0.1) is 0 Å². The summed E-state index contributed by atoms with van der Waals surface area (Å²) in [5.41, 5.74) is 2.12. The minimum atomic E-state index is -0.772. The van der Waals surface area contributed by atoms with E-state index in [1.54, 1.807) is 32.0 Å². The van der Waals surface area contributed by atoms with E-state index in [-0.39, 0.29) is 23.3 Å². The highest BCUT2D eigenvalue weighted by molar-refractivity contribution is 5.93. The molecule has 2 aromatic carbocycles. The van der Waals surface area contributed by atoms with Crippen molar-refractivity contribution in [1.29, 1.82) is 0 Å². The Morgan fingerprint density at radius 2 is 1.86 bits per heavy atom. The van der Waals surface area contributed by atoms with Gasteiger partial charge in [0.1, 0.15) is 11.5 Å². The average Bonchev–Trinajstić information content (AvgIpc) is 3.03. The number of anilines is 1. The van der Waals surface area contributed by atoms with Gasteiger partial charge in [-0.3, -0.25) is 9.59 Å². The maximum absolute atomic E-state index is 14.1. The van der Waals surface area contributed by atoms with Gasteiger partial charge in [0.2, 0.25) is 5.91 Å². The summed E-state index contributed by atoms with van der Waals surface area (Å²) < 4.78 is 28.5. The number of aromatic nitrogens is 2. The van der Waals surface area contributed by atoms with Crippen molar-refractivity contribution in [2.24, 2.45) is 0 Å². The molecule has 1 aromatic heterocycles. The molecular formula is C21H20F2N4O2. The van der Waals surface area contributed by atoms with Crippen LogP contribution in [0.1, 0.15) is 41.6 Å². The quantitative estimate of drug-likeness (QED) is 0.684. The van der Waals surface area contributed by atoms with Crippen molar-refractivity contribution >= 4 is 17.5 Å². The van der Waals surface area contributed by atoms with Crippen LogP contribution in [0, 0.1) is 18.6 Å². The molecule has 0 bridgehead atoms. The van der Waals surface area contributed by atoms with Gasteiger partial charge in [-0.05, 0) is 49.7 Å². The molecule has 29 heavy (non-hydrogen) atoms. The van der Waals surface area contributed by atoms with Crippen LogP contribution in [-0.4, -0.2) is 21.6 Å². The molecule has 2 amide bonds. The number of halogens is 2. The van der Waals surface area contributed by atoms with Crippen LogP contribution in [0.25, 0.3) is 5.69 Å². The molecule has 0 aliphatic heterocycles. The maximum atomic E-state index is 14.1. The van der Waals surface area contributed by atoms with Gasteiger partial charge in [0.25, 0.3) is 5.91 Å². The van der Waals surface area contributed by atoms with Gasteiger partial charge in [-0.2, -0.15) is 5.10 Å². The molecule has 0 aliphatic rings. The predicted octanol–water partition coefficient (Wildman–Crippen LogP) is 3.91. The lowest BCUT2D eigenvalue weighted by molar-refractivity contribution is -0.114. The fraction of sp³-hybridized carbons (Fsp3) is 0.190. The zero-order chi connectivity index (χ0) is 21.1. The molecule has 6 nitrogen and oxygen atoms in total. The van der Waals surface area contributed by atoms with Crippen molar-refractivity contribution in [2.45, 2.75) is 26.8 Å². The molecule has 2 N–H and O–H groups in total. The molecule has 0 spiro atoms. The average molecular weight is 398 g/mol. The van der Waals surface area contributed by atoms with Crippen molar-refractivity contribution in [3.05, 3.63) is 77.1 Å². The molecule has 0 fully saturated rings. The number of benzene rings is 2. The number of rotatable bonds is 5. The van der Waals surface area contributed by atoms with Crippen LogP contribution in [-0.2, 0) is 4.79 Å². The Morgan fingerprint density at radius 1 is 1.10 bits per heavy atom. The van der Waals surface area contributed by atoms with Crippen LogP contribution in [0.15, 0.2) is 48.5 Å². The molecule has 1 unspecified atom stereocenters. The standard InChI is InChI=1S/C21H20F2N4O2/c1-12-9-19(26-27(12)20-8-7-16(22)11-18(20)23)21(29)24-13(2)15-5-4-6-17(10-15)25-14(3)28/h4-11,13H,1-3H3,(H,24,29)(H,25,28). The van der Waals surface area contributed by atoms with E-state index in [4.69, 9.17) is 0 Å². The predicted molar refractivity (Wildman–Crippen MR) is 105 cm³/mol. The van der Waals surface area contributed by atoms with Gasteiger partial charge in [0.05, 0.1) is 6.04 Å². The van der Waals surface area contributed by atoms with Crippen molar-refractivity contribution < 1.29 is 18.4 Å². The van der Waals surface area contributed by atoms with E-state index in [1.807, 2.05) is 6.07 Å². The first-order chi connectivity index (χ1) is 13.7. The Kier molecular flexibility index (Phi) is 5.72. The molecule has 8 heteroatoms. The zero-order valence-corrected chi connectivity index (χ0v) is 16.2. The first-order valence-electron chi connectivity index (χ1n) is 8.95. The first kappa shape index (κ1) is 20.2. The minimum Gasteiger partial charge on any atom is -0.344 e. The maximum Gasteiger partial charge on any atom is 0.272 e. The summed E-state index contributed by atoms with van der Waals surface area (Å²) in [6, 6.07) is 11.5. The Hall–Kier alpha value is -3.55. The van der Waals surface area contributed by atoms with Crippen LogP contribution in [0.4, 0.5) is 14.5 Å². The summed E-state index contributed by atoms with van der Waals surface area (Å²) in [5, 5.41) is 9.68. The molecule has 150 valence electrons. The van der Waals surface area contributed by atoms with Gasteiger partial charge in [-0.25, -0.2) is 13.5 Å². The van der Waals surface area contributed by atoms with Crippen LogP contribution in [0.5, 0.6) is 0 Å². The molecule has 0 aliphatic carbocycles. The lowest BCUT2D eigenvalue weighted by Gasteiger charge is -2.14. The lowest BCUT2D eigenvalue weighted by atomic mass is 10.1. The molecule has 0 radical (unpaired) electrons. The smallest absolute Gasteiger partial charge is 0.272 e. The number of nitrogens with zero attached hydrogens (tertiary/aromatic N) is 2. The third-order valence-corrected chi connectivity index (χ3v) is 4.31. The van der Waals surface area contributed by atoms with E-state index in [1.165, 1.54) is 23.7 Å². The highest BCUT2D eigenvalue weighted by Gasteiger charge is 2.18. The molecule has 3 rings (SSSR count). The van der Waals surface area contributed by atoms with Gasteiger partial charge in [-0.1, -0.05) is 12.1 Å². The second-order valence-corrected chi connectivity index (χ2v) is 6.68. The molecule has 3 aromatic rings. The number of amides is 2. The van der Waals surface area contributed by atoms with Gasteiger partial charge in [0.15, 0.2) is 11.5 Å². The highest BCUT2D eigenvalue weighted by Crippen LogP contribution is 2.20. The molecule has 1 atom stereocenters. The molecule has 0 saturated carbocycles.